The topological polar surface area (TPSA) is 136 Å². The third-order valence-corrected chi connectivity index (χ3v) is 7.67. The molecule has 2 aliphatic rings. The number of rotatable bonds is 8. The lowest BCUT2D eigenvalue weighted by Gasteiger charge is -2.21. The van der Waals surface area contributed by atoms with E-state index in [1.54, 1.807) is 11.3 Å². The molecule has 2 fully saturated rings. The van der Waals surface area contributed by atoms with Crippen molar-refractivity contribution in [2.24, 2.45) is 11.8 Å². The molecule has 0 aliphatic heterocycles. The predicted molar refractivity (Wildman–Crippen MR) is 133 cm³/mol. The normalized spacial score (nSPS) is 24.8. The number of fused-ring (bicyclic) bond motifs is 1. The second kappa shape index (κ2) is 9.33. The minimum Gasteiger partial charge on any atom is -0.396 e. The molecule has 5 rings (SSSR count). The molecular formula is C24H32N6O3S. The molecule has 0 aromatic carbocycles. The van der Waals surface area contributed by atoms with Gasteiger partial charge in [-0.2, -0.15) is 4.98 Å². The number of aryl methyl sites for hydroxylation is 1. The smallest absolute Gasteiger partial charge is 0.224 e. The van der Waals surface area contributed by atoms with Crippen LogP contribution in [0.4, 0.5) is 11.8 Å². The number of nitrogens with zero attached hydrogens (tertiary/aromatic N) is 4. The van der Waals surface area contributed by atoms with Gasteiger partial charge in [0.25, 0.3) is 0 Å². The second-order valence-electron chi connectivity index (χ2n) is 9.88. The average Bonchev–Trinajstić information content (AvgIpc) is 3.51. The zero-order valence-electron chi connectivity index (χ0n) is 19.7. The molecule has 0 radical (unpaired) electrons. The maximum Gasteiger partial charge on any atom is 0.224 e. The summed E-state index contributed by atoms with van der Waals surface area (Å²) in [7, 11) is 0. The van der Waals surface area contributed by atoms with Crippen molar-refractivity contribution in [3.05, 3.63) is 23.7 Å². The van der Waals surface area contributed by atoms with Crippen LogP contribution in [0.1, 0.15) is 50.4 Å². The van der Waals surface area contributed by atoms with Gasteiger partial charge >= 0.3 is 0 Å². The standard InChI is InChI=1S/C24H32N6O3S/c1-11(2)9-26-24-27-12(3)17(22(30-24)28-15-8-14(10-31)20(32)21(15)33)23-29-19-16(34-23)6-7-25-18(19)13-4-5-13/h6-7,11,13-15,20-21,31-33H,4-5,8-10H2,1-3H3,(H2,26,27,28,30). The largest absolute Gasteiger partial charge is 0.396 e. The quantitative estimate of drug-likeness (QED) is 0.327. The molecule has 34 heavy (non-hydrogen) atoms. The van der Waals surface area contributed by atoms with Gasteiger partial charge in [-0.1, -0.05) is 13.8 Å². The van der Waals surface area contributed by atoms with E-state index in [0.29, 0.717) is 30.0 Å². The van der Waals surface area contributed by atoms with Crippen LogP contribution in [0.2, 0.25) is 0 Å². The van der Waals surface area contributed by atoms with Crippen LogP contribution >= 0.6 is 11.3 Å². The first-order valence-electron chi connectivity index (χ1n) is 12.0. The average molecular weight is 485 g/mol. The van der Waals surface area contributed by atoms with Crippen LogP contribution in [0.5, 0.6) is 0 Å². The lowest BCUT2D eigenvalue weighted by molar-refractivity contribution is 0.00446. The van der Waals surface area contributed by atoms with Gasteiger partial charge in [0.2, 0.25) is 5.95 Å². The number of aromatic nitrogens is 4. The van der Waals surface area contributed by atoms with E-state index < -0.39 is 18.2 Å². The number of nitrogens with one attached hydrogen (secondary N) is 2. The van der Waals surface area contributed by atoms with Crippen molar-refractivity contribution < 1.29 is 15.3 Å². The first-order chi connectivity index (χ1) is 16.4. The van der Waals surface area contributed by atoms with Gasteiger partial charge in [-0.05, 0) is 38.2 Å². The van der Waals surface area contributed by atoms with Crippen molar-refractivity contribution in [3.63, 3.8) is 0 Å². The van der Waals surface area contributed by atoms with Crippen LogP contribution in [-0.4, -0.2) is 66.7 Å². The molecule has 3 aromatic rings. The van der Waals surface area contributed by atoms with E-state index in [1.165, 1.54) is 0 Å². The minimum atomic E-state index is -1.01. The fraction of sp³-hybridized carbons (Fsp3) is 0.583. The Kier molecular flexibility index (Phi) is 6.41. The van der Waals surface area contributed by atoms with Crippen molar-refractivity contribution in [2.75, 3.05) is 23.8 Å². The van der Waals surface area contributed by atoms with E-state index in [4.69, 9.17) is 15.0 Å². The lowest BCUT2D eigenvalue weighted by atomic mass is 10.1. The number of thiazole rings is 1. The number of aliphatic hydroxyl groups is 3. The van der Waals surface area contributed by atoms with Gasteiger partial charge in [-0.15, -0.1) is 11.3 Å². The monoisotopic (exact) mass is 484 g/mol. The molecule has 10 heteroatoms. The molecule has 0 amide bonds. The molecule has 2 saturated carbocycles. The van der Waals surface area contributed by atoms with Crippen LogP contribution in [0.3, 0.4) is 0 Å². The zero-order valence-corrected chi connectivity index (χ0v) is 20.5. The van der Waals surface area contributed by atoms with Gasteiger partial charge in [0.1, 0.15) is 22.4 Å². The minimum absolute atomic E-state index is 0.178. The van der Waals surface area contributed by atoms with Crippen molar-refractivity contribution in [2.45, 2.75) is 64.2 Å². The van der Waals surface area contributed by atoms with E-state index in [9.17, 15) is 15.3 Å². The maximum atomic E-state index is 10.6. The van der Waals surface area contributed by atoms with Gasteiger partial charge in [-0.25, -0.2) is 9.97 Å². The van der Waals surface area contributed by atoms with Gasteiger partial charge in [0, 0.05) is 31.2 Å². The summed E-state index contributed by atoms with van der Waals surface area (Å²) in [5.41, 5.74) is 3.56. The van der Waals surface area contributed by atoms with Crippen molar-refractivity contribution in [3.8, 4) is 10.6 Å². The van der Waals surface area contributed by atoms with Gasteiger partial charge in [0.15, 0.2) is 0 Å². The number of aliphatic hydroxyl groups excluding tert-OH is 3. The van der Waals surface area contributed by atoms with E-state index in [-0.39, 0.29) is 12.5 Å². The predicted octanol–water partition coefficient (Wildman–Crippen LogP) is 2.92. The van der Waals surface area contributed by atoms with Gasteiger partial charge in [-0.3, -0.25) is 4.98 Å². The summed E-state index contributed by atoms with van der Waals surface area (Å²) in [6.07, 6.45) is 2.60. The zero-order chi connectivity index (χ0) is 24.0. The fourth-order valence-corrected chi connectivity index (χ4v) is 5.64. The highest BCUT2D eigenvalue weighted by Crippen LogP contribution is 2.44. The van der Waals surface area contributed by atoms with Gasteiger partial charge in [0.05, 0.1) is 33.8 Å². The lowest BCUT2D eigenvalue weighted by Crippen LogP contribution is -2.35. The molecule has 3 heterocycles. The first-order valence-corrected chi connectivity index (χ1v) is 12.8. The Hall–Kier alpha value is -2.40. The molecule has 2 aliphatic carbocycles. The highest BCUT2D eigenvalue weighted by atomic mass is 32.1. The third kappa shape index (κ3) is 4.47. The number of pyridine rings is 1. The number of hydrogen-bond acceptors (Lipinski definition) is 10. The molecule has 0 saturated heterocycles. The Labute approximate surface area is 202 Å². The van der Waals surface area contributed by atoms with Crippen LogP contribution < -0.4 is 10.6 Å². The molecule has 4 unspecified atom stereocenters. The van der Waals surface area contributed by atoms with Crippen LogP contribution in [-0.2, 0) is 0 Å². The molecule has 5 N–H and O–H groups in total. The summed E-state index contributed by atoms with van der Waals surface area (Å²) < 4.78 is 1.08. The second-order valence-corrected chi connectivity index (χ2v) is 10.9. The SMILES string of the molecule is Cc1nc(NCC(C)C)nc(NC2CC(CO)C(O)C2O)c1-c1nc2c(C3CC3)nccc2s1. The van der Waals surface area contributed by atoms with E-state index in [1.807, 2.05) is 19.2 Å². The summed E-state index contributed by atoms with van der Waals surface area (Å²) in [4.78, 5) is 19.0. The van der Waals surface area contributed by atoms with Crippen molar-refractivity contribution in [1.29, 1.82) is 0 Å². The maximum absolute atomic E-state index is 10.6. The summed E-state index contributed by atoms with van der Waals surface area (Å²) in [6.45, 7) is 6.72. The third-order valence-electron chi connectivity index (χ3n) is 6.63. The highest BCUT2D eigenvalue weighted by molar-refractivity contribution is 7.21. The van der Waals surface area contributed by atoms with E-state index in [2.05, 4.69) is 29.5 Å². The summed E-state index contributed by atoms with van der Waals surface area (Å²) in [6, 6.07) is 1.55. The Balaban J connectivity index is 1.56. The molecule has 3 aromatic heterocycles. The highest BCUT2D eigenvalue weighted by Gasteiger charge is 2.41. The molecule has 0 spiro atoms. The van der Waals surface area contributed by atoms with Crippen LogP contribution in [0.15, 0.2) is 12.3 Å². The summed E-state index contributed by atoms with van der Waals surface area (Å²) in [5, 5.41) is 38.0. The fourth-order valence-electron chi connectivity index (χ4n) is 4.57. The molecule has 9 nitrogen and oxygen atoms in total. The van der Waals surface area contributed by atoms with Gasteiger partial charge < -0.3 is 26.0 Å². The molecule has 4 atom stereocenters. The molecule has 0 bridgehead atoms. The Morgan fingerprint density at radius 2 is 1.94 bits per heavy atom. The van der Waals surface area contributed by atoms with Crippen molar-refractivity contribution in [1.82, 2.24) is 19.9 Å². The van der Waals surface area contributed by atoms with E-state index >= 15 is 0 Å². The number of hydrogen-bond donors (Lipinski definition) is 5. The van der Waals surface area contributed by atoms with Crippen LogP contribution in [0, 0.1) is 18.8 Å². The Bertz CT molecular complexity index is 1180. The summed E-state index contributed by atoms with van der Waals surface area (Å²) >= 11 is 1.58. The number of anilines is 2. The molecular weight excluding hydrogens is 452 g/mol. The van der Waals surface area contributed by atoms with Crippen molar-refractivity contribution >= 4 is 33.3 Å². The van der Waals surface area contributed by atoms with Crippen LogP contribution in [0.25, 0.3) is 20.8 Å². The van der Waals surface area contributed by atoms with E-state index in [0.717, 1.165) is 51.6 Å². The Morgan fingerprint density at radius 3 is 2.62 bits per heavy atom. The molecule has 182 valence electrons. The first kappa shape index (κ1) is 23.3. The Morgan fingerprint density at radius 1 is 1.15 bits per heavy atom. The summed E-state index contributed by atoms with van der Waals surface area (Å²) in [5.74, 6) is 1.60.